The molecule has 1 unspecified atom stereocenters. The van der Waals surface area contributed by atoms with E-state index < -0.39 is 15.9 Å². The summed E-state index contributed by atoms with van der Waals surface area (Å²) >= 11 is 0. The molecule has 1 fully saturated rings. The number of amides is 1. The lowest BCUT2D eigenvalue weighted by Gasteiger charge is -2.32. The first-order chi connectivity index (χ1) is 9.87. The Kier molecular flexibility index (Phi) is 4.70. The van der Waals surface area contributed by atoms with Crippen molar-refractivity contribution in [3.05, 3.63) is 18.0 Å². The fraction of sp³-hybridized carbons (Fsp3) is 0.615. The molecule has 0 aromatic carbocycles. The van der Waals surface area contributed by atoms with Gasteiger partial charge < -0.3 is 15.6 Å². The smallest absolute Gasteiger partial charge is 0.265 e. The molecule has 0 saturated carbocycles. The van der Waals surface area contributed by atoms with E-state index >= 15 is 0 Å². The highest BCUT2D eigenvalue weighted by molar-refractivity contribution is 7.89. The van der Waals surface area contributed by atoms with Crippen LogP contribution in [0.3, 0.4) is 0 Å². The summed E-state index contributed by atoms with van der Waals surface area (Å²) in [7, 11) is -2.01. The fourth-order valence-corrected chi connectivity index (χ4v) is 4.49. The van der Waals surface area contributed by atoms with Crippen LogP contribution in [0.5, 0.6) is 0 Å². The number of rotatable bonds is 5. The van der Waals surface area contributed by atoms with Crippen molar-refractivity contribution in [1.29, 1.82) is 0 Å². The van der Waals surface area contributed by atoms with E-state index in [-0.39, 0.29) is 16.6 Å². The van der Waals surface area contributed by atoms with Crippen LogP contribution in [0.2, 0.25) is 0 Å². The molecule has 0 bridgehead atoms. The molecule has 2 heterocycles. The molecule has 1 saturated heterocycles. The van der Waals surface area contributed by atoms with Crippen LogP contribution in [0, 0.1) is 0 Å². The van der Waals surface area contributed by atoms with Crippen molar-refractivity contribution in [3.63, 3.8) is 0 Å². The average Bonchev–Trinajstić information content (AvgIpc) is 2.83. The quantitative estimate of drug-likeness (QED) is 0.792. The van der Waals surface area contributed by atoms with Gasteiger partial charge in [-0.15, -0.1) is 0 Å². The van der Waals surface area contributed by atoms with Gasteiger partial charge in [-0.05, 0) is 25.5 Å². The number of aryl methyl sites for hydroxylation is 1. The summed E-state index contributed by atoms with van der Waals surface area (Å²) in [6.45, 7) is 3.80. The zero-order valence-corrected chi connectivity index (χ0v) is 13.2. The first-order valence-electron chi connectivity index (χ1n) is 7.06. The molecule has 0 radical (unpaired) electrons. The molecule has 7 nitrogen and oxygen atoms in total. The van der Waals surface area contributed by atoms with Crippen molar-refractivity contribution in [2.24, 2.45) is 12.8 Å². The molecule has 1 amide bonds. The highest BCUT2D eigenvalue weighted by atomic mass is 32.2. The number of carbonyl (C=O) groups is 1. The second kappa shape index (κ2) is 6.17. The maximum absolute atomic E-state index is 12.8. The number of nitrogens with two attached hydrogens (primary N) is 1. The highest BCUT2D eigenvalue weighted by Gasteiger charge is 2.32. The van der Waals surface area contributed by atoms with E-state index in [4.69, 9.17) is 5.73 Å². The zero-order valence-electron chi connectivity index (χ0n) is 12.4. The summed E-state index contributed by atoms with van der Waals surface area (Å²) < 4.78 is 28.5. The number of carbonyl (C=O) groups excluding carboxylic acids is 1. The predicted octanol–water partition coefficient (Wildman–Crippen LogP) is -0.113. The second-order valence-corrected chi connectivity index (χ2v) is 7.14. The first kappa shape index (κ1) is 16.0. The van der Waals surface area contributed by atoms with Crippen LogP contribution in [-0.4, -0.2) is 48.9 Å². The van der Waals surface area contributed by atoms with Gasteiger partial charge in [-0.25, -0.2) is 8.42 Å². The Balaban J connectivity index is 2.34. The number of nitrogens with zero attached hydrogens (tertiary/aromatic N) is 2. The topological polar surface area (TPSA) is 97.4 Å². The van der Waals surface area contributed by atoms with Crippen molar-refractivity contribution in [2.45, 2.75) is 30.7 Å². The Morgan fingerprint density at radius 3 is 2.76 bits per heavy atom. The molecule has 21 heavy (non-hydrogen) atoms. The third kappa shape index (κ3) is 3.12. The minimum atomic E-state index is -3.62. The molecule has 1 aliphatic heterocycles. The van der Waals surface area contributed by atoms with Crippen LogP contribution in [0.1, 0.15) is 30.3 Å². The average molecular weight is 314 g/mol. The Bertz CT molecular complexity index is 617. The van der Waals surface area contributed by atoms with Gasteiger partial charge in [-0.3, -0.25) is 4.79 Å². The second-order valence-electron chi connectivity index (χ2n) is 5.24. The van der Waals surface area contributed by atoms with Crippen molar-refractivity contribution in [2.75, 3.05) is 19.6 Å². The molecule has 1 aromatic heterocycles. The van der Waals surface area contributed by atoms with Gasteiger partial charge in [0, 0.05) is 32.4 Å². The van der Waals surface area contributed by atoms with E-state index in [1.807, 2.05) is 6.92 Å². The van der Waals surface area contributed by atoms with Gasteiger partial charge in [0.1, 0.15) is 10.6 Å². The van der Waals surface area contributed by atoms with E-state index in [9.17, 15) is 13.2 Å². The highest BCUT2D eigenvalue weighted by Crippen LogP contribution is 2.22. The molecule has 0 spiro atoms. The maximum Gasteiger partial charge on any atom is 0.265 e. The number of hydrogen-bond donors (Lipinski definition) is 2. The first-order valence-corrected chi connectivity index (χ1v) is 8.50. The molecule has 1 atom stereocenters. The summed E-state index contributed by atoms with van der Waals surface area (Å²) in [5.74, 6) is -0.638. The lowest BCUT2D eigenvalue weighted by molar-refractivity contribution is 0.0992. The summed E-state index contributed by atoms with van der Waals surface area (Å²) in [6.07, 6.45) is 3.24. The van der Waals surface area contributed by atoms with E-state index in [1.54, 1.807) is 7.05 Å². The van der Waals surface area contributed by atoms with Crippen LogP contribution >= 0.6 is 0 Å². The van der Waals surface area contributed by atoms with E-state index in [0.717, 1.165) is 19.4 Å². The van der Waals surface area contributed by atoms with Crippen LogP contribution in [0.15, 0.2) is 17.2 Å². The number of likely N-dealkylation sites (N-methyl/N-ethyl adjacent to an activating group) is 1. The van der Waals surface area contributed by atoms with Gasteiger partial charge in [0.2, 0.25) is 10.0 Å². The number of primary amides is 1. The predicted molar refractivity (Wildman–Crippen MR) is 79.4 cm³/mol. The Labute approximate surface area is 125 Å². The molecule has 118 valence electrons. The SMILES string of the molecule is CCN(C1CCCNC1)S(=O)(=O)c1cc(C(N)=O)n(C)c1. The van der Waals surface area contributed by atoms with Crippen molar-refractivity contribution < 1.29 is 13.2 Å². The molecule has 3 N–H and O–H groups in total. The summed E-state index contributed by atoms with van der Waals surface area (Å²) in [4.78, 5) is 11.4. The number of aromatic nitrogens is 1. The molecule has 8 heteroatoms. The van der Waals surface area contributed by atoms with Gasteiger partial charge in [0.05, 0.1) is 0 Å². The van der Waals surface area contributed by atoms with E-state index in [1.165, 1.54) is 21.1 Å². The van der Waals surface area contributed by atoms with Crippen molar-refractivity contribution in [3.8, 4) is 0 Å². The number of nitrogens with one attached hydrogen (secondary N) is 1. The van der Waals surface area contributed by atoms with Gasteiger partial charge in [-0.2, -0.15) is 4.31 Å². The van der Waals surface area contributed by atoms with Gasteiger partial charge in [0.15, 0.2) is 0 Å². The molecule has 0 aliphatic carbocycles. The summed E-state index contributed by atoms with van der Waals surface area (Å²) in [6, 6.07) is 1.29. The molecular weight excluding hydrogens is 292 g/mol. The Morgan fingerprint density at radius 1 is 1.57 bits per heavy atom. The number of piperidine rings is 1. The van der Waals surface area contributed by atoms with Crippen LogP contribution in [0.25, 0.3) is 0 Å². The largest absolute Gasteiger partial charge is 0.364 e. The maximum atomic E-state index is 12.8. The summed E-state index contributed by atoms with van der Waals surface area (Å²) in [5.41, 5.74) is 5.43. The van der Waals surface area contributed by atoms with Crippen molar-refractivity contribution >= 4 is 15.9 Å². The third-order valence-corrected chi connectivity index (χ3v) is 5.82. The van der Waals surface area contributed by atoms with Gasteiger partial charge in [0.25, 0.3) is 5.91 Å². The van der Waals surface area contributed by atoms with E-state index in [0.29, 0.717) is 13.1 Å². The minimum Gasteiger partial charge on any atom is -0.364 e. The lowest BCUT2D eigenvalue weighted by Crippen LogP contribution is -2.48. The van der Waals surface area contributed by atoms with Crippen LogP contribution < -0.4 is 11.1 Å². The lowest BCUT2D eigenvalue weighted by atomic mass is 10.1. The summed E-state index contributed by atoms with van der Waals surface area (Å²) in [5, 5.41) is 3.22. The van der Waals surface area contributed by atoms with Crippen LogP contribution in [-0.2, 0) is 17.1 Å². The normalized spacial score (nSPS) is 19.9. The third-order valence-electron chi connectivity index (χ3n) is 3.83. The van der Waals surface area contributed by atoms with E-state index in [2.05, 4.69) is 5.32 Å². The molecule has 1 aromatic rings. The number of hydrogen-bond acceptors (Lipinski definition) is 4. The van der Waals surface area contributed by atoms with Crippen LogP contribution in [0.4, 0.5) is 0 Å². The monoisotopic (exact) mass is 314 g/mol. The minimum absolute atomic E-state index is 0.0500. The zero-order chi connectivity index (χ0) is 15.6. The molecular formula is C13H22N4O3S. The standard InChI is InChI=1S/C13H22N4O3S/c1-3-17(10-5-4-6-15-8-10)21(19,20)11-7-12(13(14)18)16(2)9-11/h7,9-10,15H,3-6,8H2,1-2H3,(H2,14,18). The Hall–Kier alpha value is -1.38. The molecule has 1 aliphatic rings. The van der Waals surface area contributed by atoms with Gasteiger partial charge in [-0.1, -0.05) is 6.92 Å². The van der Waals surface area contributed by atoms with Gasteiger partial charge >= 0.3 is 0 Å². The Morgan fingerprint density at radius 2 is 2.29 bits per heavy atom. The molecule has 2 rings (SSSR count). The number of sulfonamides is 1. The van der Waals surface area contributed by atoms with Crippen molar-refractivity contribution in [1.82, 2.24) is 14.2 Å². The fourth-order valence-electron chi connectivity index (χ4n) is 2.76.